The number of rotatable bonds is 4. The molecule has 0 radical (unpaired) electrons. The van der Waals surface area contributed by atoms with Crippen molar-refractivity contribution in [2.45, 2.75) is 4.90 Å². The van der Waals surface area contributed by atoms with Crippen LogP contribution in [0.2, 0.25) is 0 Å². The summed E-state index contributed by atoms with van der Waals surface area (Å²) in [5.74, 6) is 0. The molecule has 0 atom stereocenters. The lowest BCUT2D eigenvalue weighted by Gasteiger charge is -2.12. The molecule has 0 bridgehead atoms. The molecule has 2 aromatic rings. The molecule has 0 aliphatic heterocycles. The average Bonchev–Trinajstić information content (AvgIpc) is 2.47. The first-order chi connectivity index (χ1) is 9.46. The Labute approximate surface area is 118 Å². The molecule has 0 saturated carbocycles. The van der Waals surface area contributed by atoms with Gasteiger partial charge in [0.2, 0.25) is 10.0 Å². The van der Waals surface area contributed by atoms with Gasteiger partial charge in [-0.05, 0) is 23.3 Å². The van der Waals surface area contributed by atoms with E-state index >= 15 is 0 Å². The fourth-order valence-electron chi connectivity index (χ4n) is 1.88. The molecule has 0 N–H and O–H groups in total. The highest BCUT2D eigenvalue weighted by Crippen LogP contribution is 2.24. The van der Waals surface area contributed by atoms with Gasteiger partial charge in [-0.15, -0.1) is 0 Å². The number of sulfonamides is 1. The van der Waals surface area contributed by atoms with E-state index in [2.05, 4.69) is 0 Å². The first-order valence-electron chi connectivity index (χ1n) is 6.04. The topological polar surface area (TPSA) is 54.5 Å². The number of nitrogens with zero attached hydrogens (tertiary/aromatic N) is 1. The van der Waals surface area contributed by atoms with Gasteiger partial charge in [0, 0.05) is 19.7 Å². The van der Waals surface area contributed by atoms with Crippen LogP contribution in [0.25, 0.3) is 11.1 Å². The highest BCUT2D eigenvalue weighted by atomic mass is 32.2. The smallest absolute Gasteiger partial charge is 0.242 e. The van der Waals surface area contributed by atoms with E-state index in [1.807, 2.05) is 12.1 Å². The van der Waals surface area contributed by atoms with Crippen molar-refractivity contribution in [3.8, 4) is 11.1 Å². The summed E-state index contributed by atoms with van der Waals surface area (Å²) in [5.41, 5.74) is 2.18. The minimum Gasteiger partial charge on any atom is -0.298 e. The SMILES string of the molecule is CN(C)S(=O)(=O)c1ccc(-c2ccccc2C=O)cc1. The molecule has 5 heteroatoms. The second-order valence-corrected chi connectivity index (χ2v) is 6.67. The summed E-state index contributed by atoms with van der Waals surface area (Å²) in [6, 6.07) is 13.7. The Morgan fingerprint density at radius 2 is 1.55 bits per heavy atom. The molecule has 0 fully saturated rings. The van der Waals surface area contributed by atoms with Crippen LogP contribution in [0.3, 0.4) is 0 Å². The number of hydrogen-bond acceptors (Lipinski definition) is 3. The summed E-state index contributed by atoms with van der Waals surface area (Å²) in [6.45, 7) is 0. The van der Waals surface area contributed by atoms with Gasteiger partial charge >= 0.3 is 0 Å². The number of hydrogen-bond donors (Lipinski definition) is 0. The van der Waals surface area contributed by atoms with Gasteiger partial charge in [-0.2, -0.15) is 0 Å². The van der Waals surface area contributed by atoms with Gasteiger partial charge in [0.25, 0.3) is 0 Å². The van der Waals surface area contributed by atoms with Crippen LogP contribution in [0.15, 0.2) is 53.4 Å². The lowest BCUT2D eigenvalue weighted by Crippen LogP contribution is -2.22. The fraction of sp³-hybridized carbons (Fsp3) is 0.133. The zero-order valence-electron chi connectivity index (χ0n) is 11.3. The van der Waals surface area contributed by atoms with Crippen molar-refractivity contribution in [3.05, 3.63) is 54.1 Å². The van der Waals surface area contributed by atoms with E-state index in [0.29, 0.717) is 5.56 Å². The van der Waals surface area contributed by atoms with E-state index in [4.69, 9.17) is 0 Å². The molecule has 0 aliphatic carbocycles. The third-order valence-corrected chi connectivity index (χ3v) is 4.86. The molecule has 0 heterocycles. The molecule has 0 amide bonds. The maximum absolute atomic E-state index is 12.0. The van der Waals surface area contributed by atoms with Crippen LogP contribution in [0.5, 0.6) is 0 Å². The molecule has 2 aromatic carbocycles. The fourth-order valence-corrected chi connectivity index (χ4v) is 2.78. The van der Waals surface area contributed by atoms with Crippen LogP contribution < -0.4 is 0 Å². The highest BCUT2D eigenvalue weighted by molar-refractivity contribution is 7.89. The summed E-state index contributed by atoms with van der Waals surface area (Å²) in [4.78, 5) is 11.2. The molecule has 0 aliphatic rings. The standard InChI is InChI=1S/C15H15NO3S/c1-16(2)20(18,19)14-9-7-12(8-10-14)15-6-4-3-5-13(15)11-17/h3-11H,1-2H3. The Hall–Kier alpha value is -1.98. The van der Waals surface area contributed by atoms with Gasteiger partial charge in [0.1, 0.15) is 0 Å². The Kier molecular flexibility index (Phi) is 4.01. The molecular weight excluding hydrogens is 274 g/mol. The Bertz CT molecular complexity index is 719. The number of benzene rings is 2. The highest BCUT2D eigenvalue weighted by Gasteiger charge is 2.16. The van der Waals surface area contributed by atoms with E-state index < -0.39 is 10.0 Å². The lowest BCUT2D eigenvalue weighted by atomic mass is 10.0. The van der Waals surface area contributed by atoms with Crippen LogP contribution in [-0.4, -0.2) is 33.1 Å². The zero-order valence-corrected chi connectivity index (χ0v) is 12.1. The zero-order chi connectivity index (χ0) is 14.8. The van der Waals surface area contributed by atoms with Crippen molar-refractivity contribution >= 4 is 16.3 Å². The van der Waals surface area contributed by atoms with E-state index in [1.54, 1.807) is 36.4 Å². The van der Waals surface area contributed by atoms with Crippen molar-refractivity contribution in [1.82, 2.24) is 4.31 Å². The number of carbonyl (C=O) groups is 1. The molecule has 0 unspecified atom stereocenters. The van der Waals surface area contributed by atoms with Gasteiger partial charge in [0.15, 0.2) is 6.29 Å². The van der Waals surface area contributed by atoms with E-state index in [9.17, 15) is 13.2 Å². The second kappa shape index (κ2) is 5.56. The Morgan fingerprint density at radius 1 is 0.950 bits per heavy atom. The number of carbonyl (C=O) groups excluding carboxylic acids is 1. The molecule has 104 valence electrons. The van der Waals surface area contributed by atoms with Crippen LogP contribution in [0.1, 0.15) is 10.4 Å². The summed E-state index contributed by atoms with van der Waals surface area (Å²) in [5, 5.41) is 0. The van der Waals surface area contributed by atoms with E-state index in [-0.39, 0.29) is 4.90 Å². The van der Waals surface area contributed by atoms with Crippen molar-refractivity contribution in [3.63, 3.8) is 0 Å². The summed E-state index contributed by atoms with van der Waals surface area (Å²) in [6.07, 6.45) is 0.791. The largest absolute Gasteiger partial charge is 0.298 e. The molecule has 0 spiro atoms. The van der Waals surface area contributed by atoms with Gasteiger partial charge < -0.3 is 0 Å². The third-order valence-electron chi connectivity index (χ3n) is 3.03. The van der Waals surface area contributed by atoms with Gasteiger partial charge in [-0.3, -0.25) is 4.79 Å². The monoisotopic (exact) mass is 289 g/mol. The second-order valence-electron chi connectivity index (χ2n) is 4.52. The average molecular weight is 289 g/mol. The van der Waals surface area contributed by atoms with Crippen LogP contribution >= 0.6 is 0 Å². The maximum Gasteiger partial charge on any atom is 0.242 e. The van der Waals surface area contributed by atoms with Gasteiger partial charge in [-0.25, -0.2) is 12.7 Å². The Morgan fingerprint density at radius 3 is 2.10 bits per heavy atom. The van der Waals surface area contributed by atoms with Crippen LogP contribution in [0, 0.1) is 0 Å². The normalized spacial score (nSPS) is 11.6. The van der Waals surface area contributed by atoms with Crippen molar-refractivity contribution in [2.24, 2.45) is 0 Å². The number of aldehydes is 1. The molecular formula is C15H15NO3S. The lowest BCUT2D eigenvalue weighted by molar-refractivity contribution is 0.112. The van der Waals surface area contributed by atoms with E-state index in [0.717, 1.165) is 17.4 Å². The van der Waals surface area contributed by atoms with Crippen molar-refractivity contribution in [2.75, 3.05) is 14.1 Å². The van der Waals surface area contributed by atoms with Crippen LogP contribution in [-0.2, 0) is 10.0 Å². The Balaban J connectivity index is 2.46. The molecule has 0 saturated heterocycles. The predicted octanol–water partition coefficient (Wildman–Crippen LogP) is 2.42. The summed E-state index contributed by atoms with van der Waals surface area (Å²) >= 11 is 0. The predicted molar refractivity (Wildman–Crippen MR) is 78.1 cm³/mol. The van der Waals surface area contributed by atoms with E-state index in [1.165, 1.54) is 18.4 Å². The first kappa shape index (κ1) is 14.4. The first-order valence-corrected chi connectivity index (χ1v) is 7.48. The van der Waals surface area contributed by atoms with Crippen LogP contribution in [0.4, 0.5) is 0 Å². The molecule has 0 aromatic heterocycles. The molecule has 4 nitrogen and oxygen atoms in total. The quantitative estimate of drug-likeness (QED) is 0.812. The molecule has 20 heavy (non-hydrogen) atoms. The van der Waals surface area contributed by atoms with Gasteiger partial charge in [-0.1, -0.05) is 36.4 Å². The molecule has 2 rings (SSSR count). The van der Waals surface area contributed by atoms with Crippen molar-refractivity contribution in [1.29, 1.82) is 0 Å². The summed E-state index contributed by atoms with van der Waals surface area (Å²) < 4.78 is 25.1. The third kappa shape index (κ3) is 2.64. The minimum atomic E-state index is -3.43. The van der Waals surface area contributed by atoms with Crippen molar-refractivity contribution < 1.29 is 13.2 Å². The maximum atomic E-state index is 12.0. The summed E-state index contributed by atoms with van der Waals surface area (Å²) in [7, 11) is -0.446. The minimum absolute atomic E-state index is 0.231. The van der Waals surface area contributed by atoms with Gasteiger partial charge in [0.05, 0.1) is 4.90 Å².